The molecule has 0 aliphatic heterocycles. The number of nitrogens with one attached hydrogen (secondary N) is 1. The van der Waals surface area contributed by atoms with E-state index in [1.807, 2.05) is 20.8 Å². The third kappa shape index (κ3) is 5.18. The number of hydrogen-bond acceptors (Lipinski definition) is 3. The van der Waals surface area contributed by atoms with Crippen molar-refractivity contribution < 1.29 is 14.7 Å². The minimum Gasteiger partial charge on any atom is -0.550 e. The zero-order valence-corrected chi connectivity index (χ0v) is 13.7. The first kappa shape index (κ1) is 17.7. The van der Waals surface area contributed by atoms with Crippen LogP contribution in [0.3, 0.4) is 0 Å². The van der Waals surface area contributed by atoms with Gasteiger partial charge in [0.05, 0.1) is 0 Å². The third-order valence-corrected chi connectivity index (χ3v) is 4.54. The Balaban J connectivity index is 2.64. The Kier molecular flexibility index (Phi) is 6.93. The van der Waals surface area contributed by atoms with Crippen molar-refractivity contribution >= 4 is 11.9 Å². The SMILES string of the molecule is CCCCC[C@@H](C)NC(=O)[C@H]1CC(C)=C(C)C[C@@H]1C(=O)[O-]. The Morgan fingerprint density at radius 2 is 1.76 bits per heavy atom. The summed E-state index contributed by atoms with van der Waals surface area (Å²) in [5, 5.41) is 14.3. The molecule has 0 aromatic heterocycles. The van der Waals surface area contributed by atoms with Gasteiger partial charge in [-0.3, -0.25) is 4.79 Å². The Bertz CT molecular complexity index is 414. The zero-order valence-electron chi connectivity index (χ0n) is 13.7. The molecule has 4 nitrogen and oxygen atoms in total. The van der Waals surface area contributed by atoms with Gasteiger partial charge in [-0.2, -0.15) is 0 Å². The molecular formula is C17H28NO3-. The van der Waals surface area contributed by atoms with E-state index in [2.05, 4.69) is 12.2 Å². The summed E-state index contributed by atoms with van der Waals surface area (Å²) in [5.41, 5.74) is 2.20. The number of allylic oxidation sites excluding steroid dienone is 2. The predicted molar refractivity (Wildman–Crippen MR) is 81.3 cm³/mol. The summed E-state index contributed by atoms with van der Waals surface area (Å²) >= 11 is 0. The highest BCUT2D eigenvalue weighted by atomic mass is 16.4. The maximum absolute atomic E-state index is 12.4. The van der Waals surface area contributed by atoms with Gasteiger partial charge in [-0.1, -0.05) is 37.3 Å². The average molecular weight is 294 g/mol. The molecular weight excluding hydrogens is 266 g/mol. The van der Waals surface area contributed by atoms with Crippen LogP contribution in [0.5, 0.6) is 0 Å². The fraction of sp³-hybridized carbons (Fsp3) is 0.765. The van der Waals surface area contributed by atoms with Crippen molar-refractivity contribution in [2.24, 2.45) is 11.8 Å². The van der Waals surface area contributed by atoms with Crippen LogP contribution in [0, 0.1) is 11.8 Å². The second-order valence-electron chi connectivity index (χ2n) is 6.41. The van der Waals surface area contributed by atoms with Gasteiger partial charge < -0.3 is 15.2 Å². The lowest BCUT2D eigenvalue weighted by Crippen LogP contribution is -2.46. The van der Waals surface area contributed by atoms with Crippen LogP contribution in [0.25, 0.3) is 0 Å². The van der Waals surface area contributed by atoms with Crippen molar-refractivity contribution in [1.82, 2.24) is 5.32 Å². The monoisotopic (exact) mass is 294 g/mol. The average Bonchev–Trinajstić information content (AvgIpc) is 2.41. The van der Waals surface area contributed by atoms with E-state index in [-0.39, 0.29) is 11.9 Å². The summed E-state index contributed by atoms with van der Waals surface area (Å²) in [6.07, 6.45) is 5.29. The van der Waals surface area contributed by atoms with Gasteiger partial charge in [-0.15, -0.1) is 0 Å². The number of carboxylic acids is 1. The van der Waals surface area contributed by atoms with E-state index in [1.165, 1.54) is 0 Å². The minimum absolute atomic E-state index is 0.0961. The molecule has 0 aromatic rings. The number of hydrogen-bond donors (Lipinski definition) is 1. The first-order valence-corrected chi connectivity index (χ1v) is 8.03. The second kappa shape index (κ2) is 8.20. The van der Waals surface area contributed by atoms with Crippen LogP contribution >= 0.6 is 0 Å². The molecule has 0 saturated carbocycles. The molecule has 1 amide bonds. The molecule has 0 heterocycles. The molecule has 1 aliphatic rings. The molecule has 120 valence electrons. The van der Waals surface area contributed by atoms with Crippen molar-refractivity contribution in [3.8, 4) is 0 Å². The molecule has 0 unspecified atom stereocenters. The summed E-state index contributed by atoms with van der Waals surface area (Å²) in [7, 11) is 0. The highest BCUT2D eigenvalue weighted by Gasteiger charge is 2.33. The first-order chi connectivity index (χ1) is 9.86. The van der Waals surface area contributed by atoms with Gasteiger partial charge in [0, 0.05) is 23.8 Å². The highest BCUT2D eigenvalue weighted by molar-refractivity contribution is 5.85. The summed E-state index contributed by atoms with van der Waals surface area (Å²) in [6.45, 7) is 8.05. The number of rotatable bonds is 7. The van der Waals surface area contributed by atoms with Crippen LogP contribution in [-0.4, -0.2) is 17.9 Å². The third-order valence-electron chi connectivity index (χ3n) is 4.54. The van der Waals surface area contributed by atoms with Crippen molar-refractivity contribution in [1.29, 1.82) is 0 Å². The molecule has 1 rings (SSSR count). The second-order valence-corrected chi connectivity index (χ2v) is 6.41. The summed E-state index contributed by atoms with van der Waals surface area (Å²) in [6, 6.07) is 0.0961. The molecule has 0 spiro atoms. The fourth-order valence-corrected chi connectivity index (χ4v) is 2.94. The number of amides is 1. The van der Waals surface area contributed by atoms with Crippen LogP contribution in [0.4, 0.5) is 0 Å². The van der Waals surface area contributed by atoms with Gasteiger partial charge in [0.2, 0.25) is 5.91 Å². The fourth-order valence-electron chi connectivity index (χ4n) is 2.94. The van der Waals surface area contributed by atoms with Crippen molar-refractivity contribution in [2.45, 2.75) is 72.3 Å². The molecule has 4 heteroatoms. The van der Waals surface area contributed by atoms with E-state index in [1.54, 1.807) is 0 Å². The molecule has 0 fully saturated rings. The van der Waals surface area contributed by atoms with E-state index < -0.39 is 17.8 Å². The number of aliphatic carboxylic acids is 1. The van der Waals surface area contributed by atoms with Crippen LogP contribution in [-0.2, 0) is 9.59 Å². The Labute approximate surface area is 128 Å². The molecule has 1 aliphatic carbocycles. The predicted octanol–water partition coefficient (Wildman–Crippen LogP) is 2.18. The smallest absolute Gasteiger partial charge is 0.224 e. The first-order valence-electron chi connectivity index (χ1n) is 8.03. The standard InChI is InChI=1S/C17H29NO3/c1-5-6-7-8-13(4)18-16(19)14-9-11(2)12(3)10-15(14)17(20)21/h13-15H,5-10H2,1-4H3,(H,18,19)(H,20,21)/p-1/t13-,14+,15+/m1/s1. The lowest BCUT2D eigenvalue weighted by Gasteiger charge is -2.33. The summed E-state index contributed by atoms with van der Waals surface area (Å²) in [5.74, 6) is -2.44. The largest absolute Gasteiger partial charge is 0.550 e. The molecule has 1 N–H and O–H groups in total. The number of carboxylic acid groups (broad SMARTS) is 1. The maximum Gasteiger partial charge on any atom is 0.224 e. The zero-order chi connectivity index (χ0) is 16.0. The van der Waals surface area contributed by atoms with Crippen LogP contribution in [0.2, 0.25) is 0 Å². The van der Waals surface area contributed by atoms with Crippen LogP contribution < -0.4 is 10.4 Å². The highest BCUT2D eigenvalue weighted by Crippen LogP contribution is 2.34. The summed E-state index contributed by atoms with van der Waals surface area (Å²) < 4.78 is 0. The molecule has 3 atom stereocenters. The molecule has 21 heavy (non-hydrogen) atoms. The normalized spacial score (nSPS) is 23.8. The molecule has 0 bridgehead atoms. The Hall–Kier alpha value is -1.32. The van der Waals surface area contributed by atoms with Gasteiger partial charge >= 0.3 is 0 Å². The van der Waals surface area contributed by atoms with Gasteiger partial charge in [0.15, 0.2) is 0 Å². The Morgan fingerprint density at radius 1 is 1.19 bits per heavy atom. The van der Waals surface area contributed by atoms with Crippen LogP contribution in [0.15, 0.2) is 11.1 Å². The van der Waals surface area contributed by atoms with Crippen LogP contribution in [0.1, 0.15) is 66.2 Å². The van der Waals surface area contributed by atoms with Crippen molar-refractivity contribution in [2.75, 3.05) is 0 Å². The van der Waals surface area contributed by atoms with Crippen molar-refractivity contribution in [3.05, 3.63) is 11.1 Å². The lowest BCUT2D eigenvalue weighted by molar-refractivity contribution is -0.313. The van der Waals surface area contributed by atoms with Gasteiger partial charge in [-0.05, 0) is 40.0 Å². The van der Waals surface area contributed by atoms with E-state index in [0.717, 1.165) is 36.8 Å². The lowest BCUT2D eigenvalue weighted by atomic mass is 9.76. The topological polar surface area (TPSA) is 69.2 Å². The van der Waals surface area contributed by atoms with E-state index in [4.69, 9.17) is 0 Å². The molecule has 0 saturated heterocycles. The van der Waals surface area contributed by atoms with Gasteiger partial charge in [0.1, 0.15) is 0 Å². The number of carbonyl (C=O) groups is 2. The molecule has 0 radical (unpaired) electrons. The van der Waals surface area contributed by atoms with Crippen molar-refractivity contribution in [3.63, 3.8) is 0 Å². The number of unbranched alkanes of at least 4 members (excludes halogenated alkanes) is 2. The molecule has 0 aromatic carbocycles. The summed E-state index contributed by atoms with van der Waals surface area (Å²) in [4.78, 5) is 23.7. The van der Waals surface area contributed by atoms with Gasteiger partial charge in [0.25, 0.3) is 0 Å². The van der Waals surface area contributed by atoms with E-state index in [9.17, 15) is 14.7 Å². The van der Waals surface area contributed by atoms with E-state index >= 15 is 0 Å². The maximum atomic E-state index is 12.4. The quantitative estimate of drug-likeness (QED) is 0.578. The minimum atomic E-state index is -1.11. The number of carbonyl (C=O) groups excluding carboxylic acids is 2. The van der Waals surface area contributed by atoms with Gasteiger partial charge in [-0.25, -0.2) is 0 Å². The van der Waals surface area contributed by atoms with E-state index in [0.29, 0.717) is 12.8 Å². The Morgan fingerprint density at radius 3 is 2.29 bits per heavy atom.